The van der Waals surface area contributed by atoms with E-state index < -0.39 is 0 Å². The number of anilines is 2. The van der Waals surface area contributed by atoms with E-state index in [4.69, 9.17) is 0 Å². The lowest BCUT2D eigenvalue weighted by atomic mass is 10.3. The van der Waals surface area contributed by atoms with E-state index in [1.54, 1.807) is 6.20 Å². The Morgan fingerprint density at radius 2 is 2.17 bits per heavy atom. The van der Waals surface area contributed by atoms with E-state index >= 15 is 0 Å². The van der Waals surface area contributed by atoms with Crippen molar-refractivity contribution in [3.05, 3.63) is 46.8 Å². The van der Waals surface area contributed by atoms with Crippen molar-refractivity contribution in [2.75, 3.05) is 19.0 Å². The van der Waals surface area contributed by atoms with Gasteiger partial charge >= 0.3 is 0 Å². The standard InChI is InChI=1S/C13H15BrN4/c1-15-9-12-16-7-6-13(17-12)18(2)11-5-3-4-10(14)8-11/h3-8,15H,9H2,1-2H3. The summed E-state index contributed by atoms with van der Waals surface area (Å²) in [4.78, 5) is 10.8. The van der Waals surface area contributed by atoms with Gasteiger partial charge in [0.05, 0.1) is 6.54 Å². The Labute approximate surface area is 115 Å². The summed E-state index contributed by atoms with van der Waals surface area (Å²) >= 11 is 3.47. The Balaban J connectivity index is 2.27. The maximum atomic E-state index is 4.51. The molecule has 0 amide bonds. The number of hydrogen-bond acceptors (Lipinski definition) is 4. The summed E-state index contributed by atoms with van der Waals surface area (Å²) in [6.45, 7) is 0.667. The number of aromatic nitrogens is 2. The quantitative estimate of drug-likeness (QED) is 0.943. The summed E-state index contributed by atoms with van der Waals surface area (Å²) < 4.78 is 1.05. The van der Waals surface area contributed by atoms with Crippen molar-refractivity contribution in [1.82, 2.24) is 15.3 Å². The molecule has 0 atom stereocenters. The van der Waals surface area contributed by atoms with Gasteiger partial charge in [-0.1, -0.05) is 22.0 Å². The lowest BCUT2D eigenvalue weighted by Crippen LogP contribution is -2.15. The van der Waals surface area contributed by atoms with Gasteiger partial charge < -0.3 is 10.2 Å². The number of halogens is 1. The molecule has 1 aromatic heterocycles. The molecule has 0 saturated heterocycles. The first-order chi connectivity index (χ1) is 8.70. The second-order valence-corrected chi connectivity index (χ2v) is 4.82. The molecule has 0 aliphatic carbocycles. The molecule has 4 nitrogen and oxygen atoms in total. The van der Waals surface area contributed by atoms with E-state index in [9.17, 15) is 0 Å². The second kappa shape index (κ2) is 5.93. The van der Waals surface area contributed by atoms with Crippen molar-refractivity contribution < 1.29 is 0 Å². The van der Waals surface area contributed by atoms with Gasteiger partial charge in [0.2, 0.25) is 0 Å². The highest BCUT2D eigenvalue weighted by Crippen LogP contribution is 2.24. The van der Waals surface area contributed by atoms with Crippen LogP contribution in [-0.4, -0.2) is 24.1 Å². The first-order valence-electron chi connectivity index (χ1n) is 5.66. The van der Waals surface area contributed by atoms with Crippen molar-refractivity contribution >= 4 is 27.4 Å². The van der Waals surface area contributed by atoms with Crippen LogP contribution in [-0.2, 0) is 6.54 Å². The average molecular weight is 307 g/mol. The molecule has 0 bridgehead atoms. The molecule has 0 radical (unpaired) electrons. The van der Waals surface area contributed by atoms with E-state index in [1.807, 2.05) is 43.3 Å². The maximum Gasteiger partial charge on any atom is 0.144 e. The van der Waals surface area contributed by atoms with Crippen LogP contribution in [0.15, 0.2) is 41.0 Å². The maximum absolute atomic E-state index is 4.51. The number of nitrogens with zero attached hydrogens (tertiary/aromatic N) is 3. The molecule has 0 unspecified atom stereocenters. The van der Waals surface area contributed by atoms with Gasteiger partial charge in [-0.15, -0.1) is 0 Å². The van der Waals surface area contributed by atoms with Crippen molar-refractivity contribution in [3.63, 3.8) is 0 Å². The molecular weight excluding hydrogens is 292 g/mol. The number of rotatable bonds is 4. The summed E-state index contributed by atoms with van der Waals surface area (Å²) in [5.74, 6) is 1.67. The van der Waals surface area contributed by atoms with Crippen molar-refractivity contribution in [2.45, 2.75) is 6.54 Å². The zero-order valence-electron chi connectivity index (χ0n) is 10.4. The molecule has 2 aromatic rings. The van der Waals surface area contributed by atoms with Crippen molar-refractivity contribution in [2.24, 2.45) is 0 Å². The monoisotopic (exact) mass is 306 g/mol. The Bertz CT molecular complexity index is 530. The minimum Gasteiger partial charge on any atom is -0.329 e. The van der Waals surface area contributed by atoms with Crippen LogP contribution in [0.5, 0.6) is 0 Å². The topological polar surface area (TPSA) is 41.1 Å². The first kappa shape index (κ1) is 13.0. The molecular formula is C13H15BrN4. The zero-order valence-corrected chi connectivity index (χ0v) is 12.0. The Hall–Kier alpha value is -1.46. The van der Waals surface area contributed by atoms with Gasteiger partial charge in [0.15, 0.2) is 0 Å². The van der Waals surface area contributed by atoms with Crippen LogP contribution in [0.25, 0.3) is 0 Å². The van der Waals surface area contributed by atoms with Gasteiger partial charge in [-0.3, -0.25) is 0 Å². The fourth-order valence-corrected chi connectivity index (χ4v) is 2.02. The molecule has 0 spiro atoms. The lowest BCUT2D eigenvalue weighted by Gasteiger charge is -2.18. The van der Waals surface area contributed by atoms with Gasteiger partial charge in [0.1, 0.15) is 11.6 Å². The Kier molecular flexibility index (Phi) is 4.28. The third-order valence-corrected chi connectivity index (χ3v) is 3.06. The van der Waals surface area contributed by atoms with Gasteiger partial charge in [-0.05, 0) is 31.3 Å². The van der Waals surface area contributed by atoms with Crippen molar-refractivity contribution in [3.8, 4) is 0 Å². The fraction of sp³-hybridized carbons (Fsp3) is 0.231. The van der Waals surface area contributed by atoms with Crippen LogP contribution in [0.4, 0.5) is 11.5 Å². The SMILES string of the molecule is CNCc1nccc(N(C)c2cccc(Br)c2)n1. The van der Waals surface area contributed by atoms with Crippen LogP contribution < -0.4 is 10.2 Å². The fourth-order valence-electron chi connectivity index (χ4n) is 1.64. The van der Waals surface area contributed by atoms with E-state index in [1.165, 1.54) is 0 Å². The van der Waals surface area contributed by atoms with Crippen LogP contribution in [0, 0.1) is 0 Å². The summed E-state index contributed by atoms with van der Waals surface area (Å²) in [5.41, 5.74) is 1.08. The number of benzene rings is 1. The summed E-state index contributed by atoms with van der Waals surface area (Å²) in [7, 11) is 3.88. The highest BCUT2D eigenvalue weighted by atomic mass is 79.9. The van der Waals surface area contributed by atoms with E-state index in [2.05, 4.69) is 37.3 Å². The summed E-state index contributed by atoms with van der Waals surface area (Å²) in [6, 6.07) is 10.0. The van der Waals surface area contributed by atoms with Crippen LogP contribution >= 0.6 is 15.9 Å². The summed E-state index contributed by atoms with van der Waals surface area (Å²) in [5, 5.41) is 3.05. The number of nitrogens with one attached hydrogen (secondary N) is 1. The molecule has 0 fully saturated rings. The normalized spacial score (nSPS) is 10.4. The Morgan fingerprint density at radius 3 is 2.89 bits per heavy atom. The average Bonchev–Trinajstić information content (AvgIpc) is 2.39. The molecule has 1 aromatic carbocycles. The predicted octanol–water partition coefficient (Wildman–Crippen LogP) is 2.73. The van der Waals surface area contributed by atoms with Crippen LogP contribution in [0.3, 0.4) is 0 Å². The molecule has 18 heavy (non-hydrogen) atoms. The van der Waals surface area contributed by atoms with E-state index in [-0.39, 0.29) is 0 Å². The highest BCUT2D eigenvalue weighted by molar-refractivity contribution is 9.10. The Morgan fingerprint density at radius 1 is 1.33 bits per heavy atom. The van der Waals surface area contributed by atoms with E-state index in [0.29, 0.717) is 6.54 Å². The van der Waals surface area contributed by atoms with E-state index in [0.717, 1.165) is 21.8 Å². The lowest BCUT2D eigenvalue weighted by molar-refractivity contribution is 0.757. The van der Waals surface area contributed by atoms with Gasteiger partial charge in [0, 0.05) is 23.4 Å². The molecule has 94 valence electrons. The largest absolute Gasteiger partial charge is 0.329 e. The molecule has 1 N–H and O–H groups in total. The van der Waals surface area contributed by atoms with Gasteiger partial charge in [-0.25, -0.2) is 9.97 Å². The molecule has 0 aliphatic heterocycles. The molecule has 1 heterocycles. The van der Waals surface area contributed by atoms with Crippen molar-refractivity contribution in [1.29, 1.82) is 0 Å². The third-order valence-electron chi connectivity index (χ3n) is 2.56. The minimum absolute atomic E-state index is 0.667. The third kappa shape index (κ3) is 3.05. The number of hydrogen-bond donors (Lipinski definition) is 1. The smallest absolute Gasteiger partial charge is 0.144 e. The second-order valence-electron chi connectivity index (χ2n) is 3.90. The van der Waals surface area contributed by atoms with Crippen LogP contribution in [0.2, 0.25) is 0 Å². The first-order valence-corrected chi connectivity index (χ1v) is 6.46. The minimum atomic E-state index is 0.667. The van der Waals surface area contributed by atoms with Gasteiger partial charge in [0.25, 0.3) is 0 Å². The predicted molar refractivity (Wildman–Crippen MR) is 77.0 cm³/mol. The zero-order chi connectivity index (χ0) is 13.0. The molecule has 2 rings (SSSR count). The molecule has 0 aliphatic rings. The summed E-state index contributed by atoms with van der Waals surface area (Å²) in [6.07, 6.45) is 1.78. The molecule has 5 heteroatoms. The van der Waals surface area contributed by atoms with Gasteiger partial charge in [-0.2, -0.15) is 0 Å². The molecule has 0 saturated carbocycles. The highest BCUT2D eigenvalue weighted by Gasteiger charge is 2.06. The van der Waals surface area contributed by atoms with Crippen LogP contribution in [0.1, 0.15) is 5.82 Å².